The second-order valence-electron chi connectivity index (χ2n) is 7.67. The van der Waals surface area contributed by atoms with Gasteiger partial charge < -0.3 is 10.1 Å². The number of sulfonamides is 1. The predicted molar refractivity (Wildman–Crippen MR) is 134 cm³/mol. The molecule has 0 spiro atoms. The molecular weight excluding hydrogens is 476 g/mol. The summed E-state index contributed by atoms with van der Waals surface area (Å²) in [6, 6.07) is 18.3. The van der Waals surface area contributed by atoms with Gasteiger partial charge in [0.05, 0.1) is 41.4 Å². The largest absolute Gasteiger partial charge is 0.462 e. The second kappa shape index (κ2) is 10.7. The van der Waals surface area contributed by atoms with Crippen LogP contribution in [0.25, 0.3) is 0 Å². The highest BCUT2D eigenvalue weighted by Gasteiger charge is 2.19. The Labute approximate surface area is 204 Å². The lowest BCUT2D eigenvalue weighted by atomic mass is 10.1. The highest BCUT2D eigenvalue weighted by atomic mass is 35.5. The first-order valence-electron chi connectivity index (χ1n) is 10.5. The number of nitrogens with one attached hydrogen (secondary N) is 1. The zero-order chi connectivity index (χ0) is 24.9. The minimum atomic E-state index is -3.55. The van der Waals surface area contributed by atoms with Gasteiger partial charge in [0.2, 0.25) is 10.0 Å². The van der Waals surface area contributed by atoms with Crippen LogP contribution in [0.3, 0.4) is 0 Å². The molecule has 3 rings (SSSR count). The average molecular weight is 501 g/mol. The summed E-state index contributed by atoms with van der Waals surface area (Å²) in [7, 11) is -3.55. The molecule has 0 unspecified atom stereocenters. The number of rotatable bonds is 8. The van der Waals surface area contributed by atoms with Crippen LogP contribution in [0.15, 0.2) is 66.7 Å². The van der Waals surface area contributed by atoms with E-state index in [0.29, 0.717) is 16.9 Å². The molecule has 0 aliphatic rings. The normalized spacial score (nSPS) is 11.1. The van der Waals surface area contributed by atoms with E-state index in [1.807, 2.05) is 31.2 Å². The van der Waals surface area contributed by atoms with Gasteiger partial charge in [-0.1, -0.05) is 41.4 Å². The minimum Gasteiger partial charge on any atom is -0.462 e. The second-order valence-corrected chi connectivity index (χ2v) is 9.99. The van der Waals surface area contributed by atoms with Gasteiger partial charge in [-0.2, -0.15) is 0 Å². The Morgan fingerprint density at radius 3 is 2.15 bits per heavy atom. The maximum atomic E-state index is 12.7. The number of carbonyl (C=O) groups excluding carboxylic acids is 2. The number of amides is 1. The van der Waals surface area contributed by atoms with E-state index in [9.17, 15) is 18.0 Å². The Kier molecular flexibility index (Phi) is 7.96. The van der Waals surface area contributed by atoms with E-state index >= 15 is 0 Å². The summed E-state index contributed by atoms with van der Waals surface area (Å²) in [5, 5.41) is 2.89. The number of ether oxygens (including phenoxy) is 1. The molecule has 0 aliphatic heterocycles. The number of hydrogen-bond acceptors (Lipinski definition) is 5. The molecule has 9 heteroatoms. The molecule has 0 bridgehead atoms. The van der Waals surface area contributed by atoms with Crippen molar-refractivity contribution >= 4 is 44.9 Å². The Balaban J connectivity index is 1.76. The number of hydrogen-bond donors (Lipinski definition) is 1. The number of benzene rings is 3. The van der Waals surface area contributed by atoms with Crippen LogP contribution in [-0.4, -0.2) is 33.2 Å². The monoisotopic (exact) mass is 500 g/mol. The summed E-state index contributed by atoms with van der Waals surface area (Å²) in [4.78, 5) is 24.5. The van der Waals surface area contributed by atoms with Crippen molar-refractivity contribution in [3.63, 3.8) is 0 Å². The van der Waals surface area contributed by atoms with Gasteiger partial charge in [0.15, 0.2) is 0 Å². The summed E-state index contributed by atoms with van der Waals surface area (Å²) in [5.74, 6) is -0.930. The molecule has 3 aromatic rings. The zero-order valence-corrected chi connectivity index (χ0v) is 20.6. The fraction of sp³-hybridized carbons (Fsp3) is 0.200. The first kappa shape index (κ1) is 25.3. The van der Waals surface area contributed by atoms with Gasteiger partial charge >= 0.3 is 5.97 Å². The fourth-order valence-electron chi connectivity index (χ4n) is 3.19. The molecule has 34 heavy (non-hydrogen) atoms. The number of aryl methyl sites for hydroxylation is 1. The third-order valence-electron chi connectivity index (χ3n) is 4.99. The Morgan fingerprint density at radius 1 is 0.971 bits per heavy atom. The van der Waals surface area contributed by atoms with Gasteiger partial charge in [-0.25, -0.2) is 13.2 Å². The van der Waals surface area contributed by atoms with E-state index in [4.69, 9.17) is 16.3 Å². The standard InChI is InChI=1S/C25H25ClN2O5S/c1-4-33-25(30)20-11-14-23(22(26)15-20)27-24(29)19-9-12-21(13-10-19)28(34(3,31)32)16-18-7-5-17(2)6-8-18/h5-15H,4,16H2,1-3H3,(H,27,29). The van der Waals surface area contributed by atoms with Crippen LogP contribution in [0.2, 0.25) is 5.02 Å². The van der Waals surface area contributed by atoms with Crippen LogP contribution in [0.5, 0.6) is 0 Å². The quantitative estimate of drug-likeness (QED) is 0.437. The molecule has 178 valence electrons. The van der Waals surface area contributed by atoms with E-state index in [2.05, 4.69) is 5.32 Å². The highest BCUT2D eigenvalue weighted by molar-refractivity contribution is 7.92. The van der Waals surface area contributed by atoms with Gasteiger partial charge in [-0.3, -0.25) is 9.10 Å². The Morgan fingerprint density at radius 2 is 1.59 bits per heavy atom. The van der Waals surface area contributed by atoms with Crippen LogP contribution in [-0.2, 0) is 21.3 Å². The van der Waals surface area contributed by atoms with Gasteiger partial charge in [-0.05, 0) is 61.9 Å². The zero-order valence-electron chi connectivity index (χ0n) is 19.0. The minimum absolute atomic E-state index is 0.174. The van der Waals surface area contributed by atoms with Crippen LogP contribution in [0, 0.1) is 6.92 Å². The summed E-state index contributed by atoms with van der Waals surface area (Å²) >= 11 is 6.21. The first-order chi connectivity index (χ1) is 16.1. The molecule has 0 saturated heterocycles. The van der Waals surface area contributed by atoms with Crippen molar-refractivity contribution in [3.05, 3.63) is 94.0 Å². The fourth-order valence-corrected chi connectivity index (χ4v) is 4.31. The maximum Gasteiger partial charge on any atom is 0.338 e. The SMILES string of the molecule is CCOC(=O)c1ccc(NC(=O)c2ccc(N(Cc3ccc(C)cc3)S(C)(=O)=O)cc2)c(Cl)c1. The van der Waals surface area contributed by atoms with Gasteiger partial charge in [-0.15, -0.1) is 0 Å². The van der Waals surface area contributed by atoms with Crippen molar-refractivity contribution in [2.24, 2.45) is 0 Å². The Hall–Kier alpha value is -3.36. The molecule has 0 aliphatic carbocycles. The Bertz CT molecular complexity index is 1290. The number of nitrogens with zero attached hydrogens (tertiary/aromatic N) is 1. The van der Waals surface area contributed by atoms with Crippen molar-refractivity contribution in [1.82, 2.24) is 0 Å². The smallest absolute Gasteiger partial charge is 0.338 e. The lowest BCUT2D eigenvalue weighted by Crippen LogP contribution is -2.29. The topological polar surface area (TPSA) is 92.8 Å². The average Bonchev–Trinajstić information content (AvgIpc) is 2.79. The van der Waals surface area contributed by atoms with E-state index in [1.165, 1.54) is 22.5 Å². The molecule has 0 radical (unpaired) electrons. The summed E-state index contributed by atoms with van der Waals surface area (Å²) in [6.45, 7) is 4.08. The van der Waals surface area contributed by atoms with Crippen LogP contribution in [0.4, 0.5) is 11.4 Å². The molecule has 0 saturated carbocycles. The lowest BCUT2D eigenvalue weighted by molar-refractivity contribution is 0.0526. The summed E-state index contributed by atoms with van der Waals surface area (Å²) in [5.41, 5.74) is 3.30. The van der Waals surface area contributed by atoms with E-state index in [0.717, 1.165) is 17.4 Å². The molecule has 0 heterocycles. The van der Waals surface area contributed by atoms with Gasteiger partial charge in [0.25, 0.3) is 5.91 Å². The molecule has 0 atom stereocenters. The van der Waals surface area contributed by atoms with E-state index < -0.39 is 21.9 Å². The predicted octanol–water partition coefficient (Wildman–Crippen LogP) is 5.04. The third kappa shape index (κ3) is 6.36. The van der Waals surface area contributed by atoms with Crippen molar-refractivity contribution < 1.29 is 22.7 Å². The van der Waals surface area contributed by atoms with E-state index in [-0.39, 0.29) is 23.7 Å². The number of carbonyl (C=O) groups is 2. The number of esters is 1. The third-order valence-corrected chi connectivity index (χ3v) is 6.45. The first-order valence-corrected chi connectivity index (χ1v) is 12.7. The molecule has 1 amide bonds. The molecule has 0 aromatic heterocycles. The van der Waals surface area contributed by atoms with Crippen molar-refractivity contribution in [3.8, 4) is 0 Å². The summed E-state index contributed by atoms with van der Waals surface area (Å²) in [6.07, 6.45) is 1.14. The van der Waals surface area contributed by atoms with Crippen LogP contribution < -0.4 is 9.62 Å². The number of halogens is 1. The van der Waals surface area contributed by atoms with Gasteiger partial charge in [0, 0.05) is 5.56 Å². The molecule has 7 nitrogen and oxygen atoms in total. The van der Waals surface area contributed by atoms with E-state index in [1.54, 1.807) is 31.2 Å². The molecule has 0 fully saturated rings. The van der Waals surface area contributed by atoms with Crippen LogP contribution >= 0.6 is 11.6 Å². The van der Waals surface area contributed by atoms with Crippen molar-refractivity contribution in [2.75, 3.05) is 22.5 Å². The highest BCUT2D eigenvalue weighted by Crippen LogP contribution is 2.25. The van der Waals surface area contributed by atoms with Crippen LogP contribution in [0.1, 0.15) is 38.8 Å². The lowest BCUT2D eigenvalue weighted by Gasteiger charge is -2.23. The van der Waals surface area contributed by atoms with Gasteiger partial charge in [0.1, 0.15) is 0 Å². The number of anilines is 2. The molecular formula is C25H25ClN2O5S. The molecule has 1 N–H and O–H groups in total. The maximum absolute atomic E-state index is 12.7. The van der Waals surface area contributed by atoms with Crippen molar-refractivity contribution in [1.29, 1.82) is 0 Å². The van der Waals surface area contributed by atoms with Crippen molar-refractivity contribution in [2.45, 2.75) is 20.4 Å². The molecule has 3 aromatic carbocycles. The summed E-state index contributed by atoms with van der Waals surface area (Å²) < 4.78 is 31.1.